The minimum atomic E-state index is -0.261. The van der Waals surface area contributed by atoms with E-state index < -0.39 is 0 Å². The molecule has 0 radical (unpaired) electrons. The van der Waals surface area contributed by atoms with Crippen molar-refractivity contribution in [3.05, 3.63) is 53.1 Å². The van der Waals surface area contributed by atoms with Crippen LogP contribution in [0.5, 0.6) is 0 Å². The fourth-order valence-corrected chi connectivity index (χ4v) is 3.47. The number of fused-ring (bicyclic) bond motifs is 1. The molecule has 0 spiro atoms. The molecule has 2 N–H and O–H groups in total. The number of benzene rings is 1. The van der Waals surface area contributed by atoms with Crippen molar-refractivity contribution in [3.8, 4) is 0 Å². The maximum absolute atomic E-state index is 12.7. The Hall–Kier alpha value is -2.67. The second kappa shape index (κ2) is 10.0. The average Bonchev–Trinajstić information content (AvgIpc) is 3.12. The molecule has 0 saturated heterocycles. The predicted molar refractivity (Wildman–Crippen MR) is 106 cm³/mol. The quantitative estimate of drug-likeness (QED) is 0.647. The van der Waals surface area contributed by atoms with Gasteiger partial charge in [0.25, 0.3) is 11.8 Å². The van der Waals surface area contributed by atoms with Crippen LogP contribution in [0.1, 0.15) is 51.6 Å². The maximum Gasteiger partial charge on any atom is 0.287 e. The molecule has 2 aromatic rings. The van der Waals surface area contributed by atoms with E-state index in [1.807, 2.05) is 22.8 Å². The van der Waals surface area contributed by atoms with Crippen LogP contribution in [0, 0.1) is 0 Å². The highest BCUT2D eigenvalue weighted by atomic mass is 16.5. The first-order valence-corrected chi connectivity index (χ1v) is 9.89. The lowest BCUT2D eigenvalue weighted by Gasteiger charge is -2.17. The summed E-state index contributed by atoms with van der Waals surface area (Å²) in [6.07, 6.45) is 4.53. The lowest BCUT2D eigenvalue weighted by molar-refractivity contribution is 0.0921. The second-order valence-electron chi connectivity index (χ2n) is 6.93. The Bertz CT molecular complexity index is 801. The summed E-state index contributed by atoms with van der Waals surface area (Å²) in [4.78, 5) is 29.6. The summed E-state index contributed by atoms with van der Waals surface area (Å²) in [5.74, 6) is -0.141. The van der Waals surface area contributed by atoms with Crippen molar-refractivity contribution in [2.24, 2.45) is 0 Å². The van der Waals surface area contributed by atoms with E-state index in [1.165, 1.54) is 5.56 Å². The summed E-state index contributed by atoms with van der Waals surface area (Å²) < 4.78 is 6.86. The third kappa shape index (κ3) is 4.98. The smallest absolute Gasteiger partial charge is 0.287 e. The molecule has 0 aliphatic carbocycles. The van der Waals surface area contributed by atoms with E-state index in [0.717, 1.165) is 44.3 Å². The number of rotatable bonds is 9. The van der Waals surface area contributed by atoms with Crippen LogP contribution < -0.4 is 10.6 Å². The van der Waals surface area contributed by atoms with Gasteiger partial charge in [0.05, 0.1) is 12.3 Å². The molecule has 2 amide bonds. The van der Waals surface area contributed by atoms with Gasteiger partial charge in [-0.1, -0.05) is 30.3 Å². The number of aryl methyl sites for hydroxylation is 1. The largest absolute Gasteiger partial charge is 0.383 e. The number of hydrogen-bond donors (Lipinski definition) is 2. The minimum Gasteiger partial charge on any atom is -0.383 e. The lowest BCUT2D eigenvalue weighted by Crippen LogP contribution is -2.30. The first-order valence-electron chi connectivity index (χ1n) is 9.89. The van der Waals surface area contributed by atoms with Gasteiger partial charge in [0.15, 0.2) is 5.82 Å². The fraction of sp³-hybridized carbons (Fsp3) is 0.476. The van der Waals surface area contributed by atoms with Crippen molar-refractivity contribution >= 4 is 11.8 Å². The molecule has 0 atom stereocenters. The zero-order chi connectivity index (χ0) is 19.8. The molecule has 0 bridgehead atoms. The Morgan fingerprint density at radius 3 is 2.68 bits per heavy atom. The Balaban J connectivity index is 1.62. The van der Waals surface area contributed by atoms with Crippen LogP contribution in [0.2, 0.25) is 0 Å². The highest BCUT2D eigenvalue weighted by molar-refractivity contribution is 5.97. The topological polar surface area (TPSA) is 85.2 Å². The molecule has 1 aliphatic heterocycles. The highest BCUT2D eigenvalue weighted by Crippen LogP contribution is 2.21. The van der Waals surface area contributed by atoms with Crippen molar-refractivity contribution < 1.29 is 14.3 Å². The average molecular weight is 384 g/mol. The fourth-order valence-electron chi connectivity index (χ4n) is 3.47. The number of amides is 2. The number of nitrogens with zero attached hydrogens (tertiary/aromatic N) is 2. The maximum atomic E-state index is 12.7. The SMILES string of the molecule is COCCNC(=O)c1nc(C(=O)NCCCc2ccccc2)c2n1CCCC2. The van der Waals surface area contributed by atoms with E-state index in [2.05, 4.69) is 27.8 Å². The number of carbonyl (C=O) groups is 2. The van der Waals surface area contributed by atoms with E-state index in [1.54, 1.807) is 7.11 Å². The predicted octanol–water partition coefficient (Wildman–Crippen LogP) is 1.96. The molecule has 1 aliphatic rings. The molecule has 1 aromatic heterocycles. The van der Waals surface area contributed by atoms with E-state index in [9.17, 15) is 9.59 Å². The lowest BCUT2D eigenvalue weighted by atomic mass is 10.1. The van der Waals surface area contributed by atoms with Crippen LogP contribution in [0.3, 0.4) is 0 Å². The van der Waals surface area contributed by atoms with Crippen LogP contribution in [0.4, 0.5) is 0 Å². The molecule has 150 valence electrons. The molecule has 2 heterocycles. The van der Waals surface area contributed by atoms with Crippen molar-refractivity contribution in [1.29, 1.82) is 0 Å². The Morgan fingerprint density at radius 2 is 1.89 bits per heavy atom. The second-order valence-corrected chi connectivity index (χ2v) is 6.93. The summed E-state index contributed by atoms with van der Waals surface area (Å²) in [6.45, 7) is 2.15. The standard InChI is InChI=1S/C21H28N4O3/c1-28-15-13-23-21(27)19-24-18(17-11-5-6-14-25(17)19)20(26)22-12-7-10-16-8-3-2-4-9-16/h2-4,8-9H,5-7,10-15H2,1H3,(H,22,26)(H,23,27). The Kier molecular flexibility index (Phi) is 7.19. The number of methoxy groups -OCH3 is 1. The van der Waals surface area contributed by atoms with Gasteiger partial charge in [-0.25, -0.2) is 4.98 Å². The normalized spacial score (nSPS) is 13.0. The van der Waals surface area contributed by atoms with Crippen molar-refractivity contribution in [1.82, 2.24) is 20.2 Å². The van der Waals surface area contributed by atoms with Crippen LogP contribution >= 0.6 is 0 Å². The van der Waals surface area contributed by atoms with E-state index in [-0.39, 0.29) is 11.8 Å². The van der Waals surface area contributed by atoms with Gasteiger partial charge in [0, 0.05) is 26.7 Å². The zero-order valence-electron chi connectivity index (χ0n) is 16.4. The number of carbonyl (C=O) groups excluding carboxylic acids is 2. The molecule has 0 unspecified atom stereocenters. The molecule has 3 rings (SSSR count). The summed E-state index contributed by atoms with van der Waals surface area (Å²) in [7, 11) is 1.59. The van der Waals surface area contributed by atoms with Crippen LogP contribution in [-0.4, -0.2) is 48.2 Å². The van der Waals surface area contributed by atoms with Gasteiger partial charge >= 0.3 is 0 Å². The van der Waals surface area contributed by atoms with Gasteiger partial charge in [-0.05, 0) is 37.7 Å². The Morgan fingerprint density at radius 1 is 1.11 bits per heavy atom. The summed E-state index contributed by atoms with van der Waals surface area (Å²) >= 11 is 0. The molecule has 1 aromatic carbocycles. The van der Waals surface area contributed by atoms with Gasteiger partial charge in [0.2, 0.25) is 0 Å². The minimum absolute atomic E-state index is 0.199. The number of hydrogen-bond acceptors (Lipinski definition) is 4. The van der Waals surface area contributed by atoms with E-state index >= 15 is 0 Å². The molecule has 7 heteroatoms. The molecular weight excluding hydrogens is 356 g/mol. The van der Waals surface area contributed by atoms with Crippen molar-refractivity contribution in [2.75, 3.05) is 26.8 Å². The zero-order valence-corrected chi connectivity index (χ0v) is 16.4. The molecule has 7 nitrogen and oxygen atoms in total. The molecule has 28 heavy (non-hydrogen) atoms. The molecule has 0 fully saturated rings. The summed E-state index contributed by atoms with van der Waals surface area (Å²) in [5.41, 5.74) is 2.51. The van der Waals surface area contributed by atoms with Crippen LogP contribution in [0.25, 0.3) is 0 Å². The number of nitrogens with one attached hydrogen (secondary N) is 2. The first-order chi connectivity index (χ1) is 13.7. The summed E-state index contributed by atoms with van der Waals surface area (Å²) in [5, 5.41) is 5.75. The third-order valence-electron chi connectivity index (χ3n) is 4.90. The van der Waals surface area contributed by atoms with Crippen molar-refractivity contribution in [3.63, 3.8) is 0 Å². The first kappa shape index (κ1) is 20.1. The van der Waals surface area contributed by atoms with Gasteiger partial charge < -0.3 is 19.9 Å². The highest BCUT2D eigenvalue weighted by Gasteiger charge is 2.27. The van der Waals surface area contributed by atoms with Gasteiger partial charge in [-0.2, -0.15) is 0 Å². The van der Waals surface area contributed by atoms with Gasteiger partial charge in [-0.15, -0.1) is 0 Å². The van der Waals surface area contributed by atoms with E-state index in [4.69, 9.17) is 4.74 Å². The van der Waals surface area contributed by atoms with Gasteiger partial charge in [-0.3, -0.25) is 9.59 Å². The monoisotopic (exact) mass is 384 g/mol. The third-order valence-corrected chi connectivity index (χ3v) is 4.90. The van der Waals surface area contributed by atoms with Gasteiger partial charge in [0.1, 0.15) is 5.69 Å². The van der Waals surface area contributed by atoms with Crippen LogP contribution in [-0.2, 0) is 24.1 Å². The van der Waals surface area contributed by atoms with Crippen LogP contribution in [0.15, 0.2) is 30.3 Å². The number of aromatic nitrogens is 2. The van der Waals surface area contributed by atoms with Crippen molar-refractivity contribution in [2.45, 2.75) is 38.6 Å². The Labute approximate surface area is 165 Å². The summed E-state index contributed by atoms with van der Waals surface area (Å²) in [6, 6.07) is 10.2. The molecular formula is C21H28N4O3. The number of ether oxygens (including phenoxy) is 1. The van der Waals surface area contributed by atoms with E-state index in [0.29, 0.717) is 31.2 Å². The molecule has 0 saturated carbocycles. The number of imidazole rings is 1.